The van der Waals surface area contributed by atoms with Gasteiger partial charge in [0.2, 0.25) is 5.78 Å². The van der Waals surface area contributed by atoms with Gasteiger partial charge in [-0.2, -0.15) is 13.2 Å². The van der Waals surface area contributed by atoms with Crippen molar-refractivity contribution in [3.63, 3.8) is 0 Å². The van der Waals surface area contributed by atoms with E-state index in [1.54, 1.807) is 7.11 Å². The van der Waals surface area contributed by atoms with Crippen molar-refractivity contribution in [2.75, 3.05) is 44.7 Å². The molecule has 11 heteroatoms. The van der Waals surface area contributed by atoms with E-state index in [2.05, 4.69) is 35.8 Å². The summed E-state index contributed by atoms with van der Waals surface area (Å²) in [4.78, 5) is 19.3. The van der Waals surface area contributed by atoms with Crippen LogP contribution in [-0.2, 0) is 12.6 Å². The number of carbonyl (C=O) groups is 1. The molecular weight excluding hydrogens is 741 g/mol. The maximum atomic E-state index is 14.6. The van der Waals surface area contributed by atoms with Crippen LogP contribution in [0.15, 0.2) is 88.9 Å². The Morgan fingerprint density at radius 2 is 1.77 bits per heavy atom. The third kappa shape index (κ3) is 8.03. The molecule has 8 rings (SSSR count). The van der Waals surface area contributed by atoms with E-state index in [0.717, 1.165) is 73.7 Å². The lowest BCUT2D eigenvalue weighted by Crippen LogP contribution is -2.56. The second-order valence-corrected chi connectivity index (χ2v) is 16.5. The molecule has 2 heterocycles. The molecule has 4 aromatic rings. The Labute approximate surface area is 331 Å². The van der Waals surface area contributed by atoms with Crippen molar-refractivity contribution in [3.8, 4) is 17.1 Å². The van der Waals surface area contributed by atoms with Gasteiger partial charge in [0.05, 0.1) is 35.1 Å². The molecule has 1 saturated carbocycles. The van der Waals surface area contributed by atoms with Gasteiger partial charge in [0.15, 0.2) is 5.76 Å². The molecule has 3 aliphatic carbocycles. The van der Waals surface area contributed by atoms with Crippen LogP contribution in [0.3, 0.4) is 0 Å². The number of carbonyl (C=O) groups excluding carboxylic acids is 1. The molecule has 0 spiro atoms. The quantitative estimate of drug-likeness (QED) is 0.143. The number of allylic oxidation sites excluding steroid dienone is 2. The lowest BCUT2D eigenvalue weighted by atomic mass is 9.64. The minimum absolute atomic E-state index is 0.0324. The fourth-order valence-corrected chi connectivity index (χ4v) is 9.44. The molecule has 1 aliphatic heterocycles. The first kappa shape index (κ1) is 40.1. The number of rotatable bonds is 7. The zero-order valence-corrected chi connectivity index (χ0v) is 32.9. The summed E-state index contributed by atoms with van der Waals surface area (Å²) in [6, 6.07) is 19.7. The van der Waals surface area contributed by atoms with Crippen LogP contribution >= 0.6 is 11.6 Å². The number of halogens is 4. The number of hydrogen-bond acceptors (Lipinski definition) is 7. The summed E-state index contributed by atoms with van der Waals surface area (Å²) in [7, 11) is 1.68. The predicted octanol–water partition coefficient (Wildman–Crippen LogP) is 9.72. The predicted molar refractivity (Wildman–Crippen MR) is 213 cm³/mol. The second-order valence-electron chi connectivity index (χ2n) is 16.1. The van der Waals surface area contributed by atoms with E-state index >= 15 is 0 Å². The third-order valence-electron chi connectivity index (χ3n) is 12.6. The van der Waals surface area contributed by atoms with Gasteiger partial charge in [-0.25, -0.2) is 0 Å². The number of furan rings is 1. The summed E-state index contributed by atoms with van der Waals surface area (Å²) in [5, 5.41) is 23.9. The van der Waals surface area contributed by atoms with Gasteiger partial charge in [-0.3, -0.25) is 9.69 Å². The van der Waals surface area contributed by atoms with Gasteiger partial charge >= 0.3 is 6.18 Å². The minimum Gasteiger partial charge on any atom is -0.495 e. The highest BCUT2D eigenvalue weighted by Gasteiger charge is 2.57. The fraction of sp³-hybridized carbons (Fsp3) is 0.444. The molecular formula is C45H50ClF3N2O5. The lowest BCUT2D eigenvalue weighted by molar-refractivity contribution is -0.137. The highest BCUT2D eigenvalue weighted by Crippen LogP contribution is 2.59. The van der Waals surface area contributed by atoms with Crippen LogP contribution in [0.5, 0.6) is 5.75 Å². The van der Waals surface area contributed by atoms with Gasteiger partial charge in [0.25, 0.3) is 0 Å². The number of aliphatic hydroxyl groups excluding tert-OH is 1. The van der Waals surface area contributed by atoms with Crippen molar-refractivity contribution >= 4 is 23.1 Å². The third-order valence-corrected chi connectivity index (χ3v) is 12.9. The molecule has 0 radical (unpaired) electrons. The monoisotopic (exact) mass is 790 g/mol. The van der Waals surface area contributed by atoms with E-state index in [-0.39, 0.29) is 28.0 Å². The first-order chi connectivity index (χ1) is 26.7. The van der Waals surface area contributed by atoms with Crippen molar-refractivity contribution in [3.05, 3.63) is 117 Å². The van der Waals surface area contributed by atoms with Crippen LogP contribution in [0.1, 0.15) is 91.1 Å². The Bertz CT molecular complexity index is 2090. The maximum Gasteiger partial charge on any atom is 0.416 e. The second kappa shape index (κ2) is 16.0. The number of ether oxygens (including phenoxy) is 1. The number of aliphatic hydroxyl groups is 2. The number of β-amino-alcohol motifs (C(OH)–C–C–N with tert-alkyl or cyclic N) is 1. The first-order valence-corrected chi connectivity index (χ1v) is 19.9. The zero-order chi connectivity index (χ0) is 39.8. The number of hydrogen-bond donors (Lipinski definition) is 2. The number of alkyl halides is 3. The number of para-hydroxylation sites is 2. The smallest absolute Gasteiger partial charge is 0.416 e. The number of benzene rings is 3. The Hall–Kier alpha value is -4.09. The molecule has 3 aromatic carbocycles. The van der Waals surface area contributed by atoms with Gasteiger partial charge < -0.3 is 24.3 Å². The van der Waals surface area contributed by atoms with E-state index in [4.69, 9.17) is 20.8 Å². The normalized spacial score (nSPS) is 25.1. The highest BCUT2D eigenvalue weighted by atomic mass is 35.5. The number of anilines is 1. The van der Waals surface area contributed by atoms with Crippen molar-refractivity contribution in [2.24, 2.45) is 5.41 Å². The van der Waals surface area contributed by atoms with Gasteiger partial charge in [0, 0.05) is 49.3 Å². The Balaban J connectivity index is 1.22. The largest absolute Gasteiger partial charge is 0.495 e. The number of ketones is 1. The molecule has 56 heavy (non-hydrogen) atoms. The molecule has 2 bridgehead atoms. The standard InChI is InChI=1S/C45H50ClF3N2O5/c1-29-7-6-19-43(2)36(18-20-44(43,54)28-50-21-23-51(24-22-50)38-8-4-5-9-40(38)55-3)33-14-11-30(25-32(52)13-10-29)26-34(33)42(53)41-17-16-39(56-41)35-27-31(45(47,48)49)12-15-37(35)46/h4-5,7-9,11-12,14-17,26-27,32,36,52,54H,6,10,13,18-25,28H2,1-3H3. The van der Waals surface area contributed by atoms with Crippen LogP contribution in [0, 0.1) is 5.41 Å². The van der Waals surface area contributed by atoms with Crippen molar-refractivity contribution in [1.29, 1.82) is 0 Å². The molecule has 4 unspecified atom stereocenters. The van der Waals surface area contributed by atoms with E-state index in [1.165, 1.54) is 23.8 Å². The molecule has 0 amide bonds. The summed E-state index contributed by atoms with van der Waals surface area (Å²) in [5.41, 5.74) is 1.73. The van der Waals surface area contributed by atoms with Crippen LogP contribution in [-0.4, -0.2) is 72.4 Å². The summed E-state index contributed by atoms with van der Waals surface area (Å²) in [5.74, 6) is 0.246. The van der Waals surface area contributed by atoms with Crippen molar-refractivity contribution < 1.29 is 37.3 Å². The van der Waals surface area contributed by atoms with Gasteiger partial charge in [-0.05, 0) is 117 Å². The van der Waals surface area contributed by atoms with Crippen LogP contribution < -0.4 is 9.64 Å². The topological polar surface area (TPSA) is 86.4 Å². The molecule has 4 atom stereocenters. The Morgan fingerprint density at radius 1 is 1.00 bits per heavy atom. The molecule has 4 aliphatic rings. The average molecular weight is 791 g/mol. The number of methoxy groups -OCH3 is 1. The van der Waals surface area contributed by atoms with E-state index in [1.807, 2.05) is 36.4 Å². The van der Waals surface area contributed by atoms with Crippen LogP contribution in [0.4, 0.5) is 18.9 Å². The summed E-state index contributed by atoms with van der Waals surface area (Å²) >= 11 is 6.34. The molecule has 2 N–H and O–H groups in total. The van der Waals surface area contributed by atoms with Crippen LogP contribution in [0.2, 0.25) is 5.02 Å². The van der Waals surface area contributed by atoms with E-state index in [0.29, 0.717) is 44.2 Å². The number of fused-ring (bicyclic) bond motifs is 8. The first-order valence-electron chi connectivity index (χ1n) is 19.5. The fourth-order valence-electron chi connectivity index (χ4n) is 9.23. The van der Waals surface area contributed by atoms with E-state index < -0.39 is 34.6 Å². The van der Waals surface area contributed by atoms with Gasteiger partial charge in [0.1, 0.15) is 11.5 Å². The summed E-state index contributed by atoms with van der Waals surface area (Å²) in [6.07, 6.45) is 1.31. The minimum atomic E-state index is -4.58. The molecule has 2 fully saturated rings. The summed E-state index contributed by atoms with van der Waals surface area (Å²) in [6.45, 7) is 7.89. The Kier molecular flexibility index (Phi) is 11.5. The molecule has 1 saturated heterocycles. The lowest BCUT2D eigenvalue weighted by Gasteiger charge is -2.47. The number of nitrogens with zero attached hydrogens (tertiary/aromatic N) is 2. The maximum absolute atomic E-state index is 14.6. The van der Waals surface area contributed by atoms with Crippen LogP contribution in [0.25, 0.3) is 11.3 Å². The van der Waals surface area contributed by atoms with Gasteiger partial charge in [-0.15, -0.1) is 0 Å². The zero-order valence-electron chi connectivity index (χ0n) is 32.2. The SMILES string of the molecule is COc1ccccc1N1CCN(CC2(O)CCC3c4ccc(cc4C(=O)c4ccc(-c5cc(C(F)(F)F)ccc5Cl)o4)CC(O)CCC(C)=CCCC32C)CC1. The van der Waals surface area contributed by atoms with Gasteiger partial charge in [-0.1, -0.05) is 54.4 Å². The Morgan fingerprint density at radius 3 is 2.52 bits per heavy atom. The molecule has 7 nitrogen and oxygen atoms in total. The average Bonchev–Trinajstić information content (AvgIpc) is 3.76. The highest BCUT2D eigenvalue weighted by molar-refractivity contribution is 6.33. The van der Waals surface area contributed by atoms with Crippen molar-refractivity contribution in [2.45, 2.75) is 82.6 Å². The molecule has 298 valence electrons. The van der Waals surface area contributed by atoms with E-state index in [9.17, 15) is 28.2 Å². The number of piperazine rings is 1. The van der Waals surface area contributed by atoms with Crippen molar-refractivity contribution in [1.82, 2.24) is 4.90 Å². The summed E-state index contributed by atoms with van der Waals surface area (Å²) < 4.78 is 52.4. The molecule has 1 aromatic heterocycles.